The van der Waals surface area contributed by atoms with Crippen LogP contribution in [-0.2, 0) is 4.74 Å². The number of alkyl halides is 3. The van der Waals surface area contributed by atoms with Crippen LogP contribution in [-0.4, -0.2) is 65.5 Å². The molecule has 0 bridgehead atoms. The van der Waals surface area contributed by atoms with E-state index in [9.17, 15) is 22.7 Å². The molecule has 1 aromatic heterocycles. The summed E-state index contributed by atoms with van der Waals surface area (Å²) in [7, 11) is 0. The number of piperidine rings is 1. The van der Waals surface area contributed by atoms with Crippen molar-refractivity contribution in [3.8, 4) is 0 Å². The highest BCUT2D eigenvalue weighted by molar-refractivity contribution is 5.88. The molecule has 1 aromatic rings. The second-order valence-corrected chi connectivity index (χ2v) is 9.90. The molecule has 2 heterocycles. The van der Waals surface area contributed by atoms with E-state index in [1.807, 2.05) is 43.4 Å². The third-order valence-electron chi connectivity index (χ3n) is 7.00. The molecule has 10 heteroatoms. The number of pyridine rings is 1. The van der Waals surface area contributed by atoms with Crippen molar-refractivity contribution in [2.24, 2.45) is 11.7 Å². The van der Waals surface area contributed by atoms with Gasteiger partial charge in [-0.25, -0.2) is 4.98 Å². The van der Waals surface area contributed by atoms with Crippen LogP contribution in [0.4, 0.5) is 17.6 Å². The molecule has 1 unspecified atom stereocenters. The fraction of sp³-hybridized carbons (Fsp3) is 0.448. The molecule has 1 fully saturated rings. The molecule has 1 atom stereocenters. The summed E-state index contributed by atoms with van der Waals surface area (Å²) in [6.07, 6.45) is 10.9. The first-order chi connectivity index (χ1) is 18.5. The smallest absolute Gasteiger partial charge is 0.389 e. The maximum atomic E-state index is 13.3. The van der Waals surface area contributed by atoms with Gasteiger partial charge in [0.05, 0.1) is 12.2 Å². The quantitative estimate of drug-likeness (QED) is 0.150. The van der Waals surface area contributed by atoms with Gasteiger partial charge in [-0.1, -0.05) is 48.1 Å². The highest BCUT2D eigenvalue weighted by Crippen LogP contribution is 2.30. The van der Waals surface area contributed by atoms with E-state index in [1.165, 1.54) is 18.3 Å². The van der Waals surface area contributed by atoms with Gasteiger partial charge in [0.1, 0.15) is 0 Å². The van der Waals surface area contributed by atoms with Gasteiger partial charge in [0.25, 0.3) is 0 Å². The molecule has 0 spiro atoms. The van der Waals surface area contributed by atoms with Crippen molar-refractivity contribution in [2.75, 3.05) is 32.8 Å². The molecule has 39 heavy (non-hydrogen) atoms. The zero-order valence-corrected chi connectivity index (χ0v) is 22.1. The Hall–Kier alpha value is -2.92. The van der Waals surface area contributed by atoms with E-state index in [-0.39, 0.29) is 12.3 Å². The van der Waals surface area contributed by atoms with Crippen LogP contribution in [0.1, 0.15) is 38.2 Å². The molecule has 0 amide bonds. The standard InChI is InChI=1S/C29H36F4N4O2/c1-2-23(25-8-9-27(30)36-19-25)16-22(10-15-39-29(31,32)33)20-37-13-11-28(38,12-14-37)17-26(35)24-5-3-4-21(18-34)6-7-24/h2-10,19,24,35,38H,11-18,20,34H2,1H3/b22-10+,23-2+,35-26?. The SMILES string of the molecule is C/C=C(\C/C(=C\COC(F)(F)F)CN1CCC(O)(CC(=N)C2C=CC=C(CN)C=C2)CC1)c1ccc(F)nc1. The van der Waals surface area contributed by atoms with Crippen molar-refractivity contribution in [3.63, 3.8) is 0 Å². The average molecular weight is 549 g/mol. The molecule has 3 rings (SSSR count). The number of hydrogen-bond donors (Lipinski definition) is 3. The Morgan fingerprint density at radius 3 is 2.64 bits per heavy atom. The zero-order valence-electron chi connectivity index (χ0n) is 22.1. The topological polar surface area (TPSA) is 95.5 Å². The zero-order chi connectivity index (χ0) is 28.5. The van der Waals surface area contributed by atoms with Crippen molar-refractivity contribution < 1.29 is 27.4 Å². The summed E-state index contributed by atoms with van der Waals surface area (Å²) >= 11 is 0. The number of aromatic nitrogens is 1. The first-order valence-corrected chi connectivity index (χ1v) is 12.9. The minimum atomic E-state index is -4.73. The van der Waals surface area contributed by atoms with Crippen LogP contribution >= 0.6 is 0 Å². The van der Waals surface area contributed by atoms with Crippen molar-refractivity contribution in [2.45, 2.75) is 44.6 Å². The monoisotopic (exact) mass is 548 g/mol. The van der Waals surface area contributed by atoms with E-state index in [0.717, 1.165) is 11.1 Å². The Morgan fingerprint density at radius 2 is 2.03 bits per heavy atom. The molecular formula is C29H36F4N4O2. The maximum Gasteiger partial charge on any atom is 0.522 e. The van der Waals surface area contributed by atoms with Crippen LogP contribution in [0.15, 0.2) is 72.0 Å². The van der Waals surface area contributed by atoms with E-state index in [4.69, 9.17) is 11.1 Å². The second-order valence-electron chi connectivity index (χ2n) is 9.90. The fourth-order valence-corrected chi connectivity index (χ4v) is 4.71. The number of nitrogens with two attached hydrogens (primary N) is 1. The summed E-state index contributed by atoms with van der Waals surface area (Å²) < 4.78 is 55.1. The number of rotatable bonds is 11. The van der Waals surface area contributed by atoms with Gasteiger partial charge in [0.2, 0.25) is 5.95 Å². The Bertz CT molecular complexity index is 1130. The lowest BCUT2D eigenvalue weighted by molar-refractivity contribution is -0.319. The van der Waals surface area contributed by atoms with Crippen molar-refractivity contribution >= 4 is 11.3 Å². The Morgan fingerprint density at radius 1 is 1.28 bits per heavy atom. The summed E-state index contributed by atoms with van der Waals surface area (Å²) in [4.78, 5) is 5.76. The largest absolute Gasteiger partial charge is 0.522 e. The number of halogens is 4. The number of nitrogens with one attached hydrogen (secondary N) is 1. The van der Waals surface area contributed by atoms with E-state index < -0.39 is 24.5 Å². The Kier molecular flexibility index (Phi) is 10.9. The van der Waals surface area contributed by atoms with Crippen LogP contribution in [0.5, 0.6) is 0 Å². The number of hydrogen-bond acceptors (Lipinski definition) is 6. The second kappa shape index (κ2) is 13.9. The molecule has 2 aliphatic rings. The van der Waals surface area contributed by atoms with Crippen molar-refractivity contribution in [3.05, 3.63) is 83.5 Å². The summed E-state index contributed by atoms with van der Waals surface area (Å²) in [6, 6.07) is 2.83. The van der Waals surface area contributed by atoms with E-state index in [2.05, 4.69) is 14.6 Å². The maximum absolute atomic E-state index is 13.3. The van der Waals surface area contributed by atoms with Gasteiger partial charge < -0.3 is 16.2 Å². The molecule has 1 aliphatic heterocycles. The predicted octanol–water partition coefficient (Wildman–Crippen LogP) is 5.34. The molecule has 0 radical (unpaired) electrons. The molecule has 6 nitrogen and oxygen atoms in total. The molecule has 1 aliphatic carbocycles. The fourth-order valence-electron chi connectivity index (χ4n) is 4.71. The first kappa shape index (κ1) is 30.6. The number of ether oxygens (including phenoxy) is 1. The number of likely N-dealkylation sites (tertiary alicyclic amines) is 1. The van der Waals surface area contributed by atoms with Crippen LogP contribution in [0.25, 0.3) is 5.57 Å². The normalized spacial score (nSPS) is 20.6. The minimum Gasteiger partial charge on any atom is -0.389 e. The number of allylic oxidation sites excluding steroid dienone is 6. The summed E-state index contributed by atoms with van der Waals surface area (Å²) in [5.74, 6) is -0.823. The third kappa shape index (κ3) is 9.96. The van der Waals surface area contributed by atoms with E-state index in [0.29, 0.717) is 62.3 Å². The number of nitrogens with zero attached hydrogens (tertiary/aromatic N) is 2. The molecule has 4 N–H and O–H groups in total. The third-order valence-corrected chi connectivity index (χ3v) is 7.00. The summed E-state index contributed by atoms with van der Waals surface area (Å²) in [5.41, 5.74) is 8.26. The van der Waals surface area contributed by atoms with Crippen LogP contribution in [0, 0.1) is 17.3 Å². The summed E-state index contributed by atoms with van der Waals surface area (Å²) in [5, 5.41) is 19.8. The Balaban J connectivity index is 1.62. The highest BCUT2D eigenvalue weighted by atomic mass is 19.4. The molecule has 212 valence electrons. The van der Waals surface area contributed by atoms with Gasteiger partial charge in [-0.3, -0.25) is 9.64 Å². The number of aliphatic hydroxyl groups is 1. The Labute approximate surface area is 226 Å². The van der Waals surface area contributed by atoms with Crippen molar-refractivity contribution in [1.82, 2.24) is 9.88 Å². The lowest BCUT2D eigenvalue weighted by Crippen LogP contribution is -2.46. The van der Waals surface area contributed by atoms with Gasteiger partial charge >= 0.3 is 6.36 Å². The molecule has 0 aromatic carbocycles. The predicted molar refractivity (Wildman–Crippen MR) is 144 cm³/mol. The lowest BCUT2D eigenvalue weighted by atomic mass is 9.83. The van der Waals surface area contributed by atoms with Gasteiger partial charge in [0.15, 0.2) is 0 Å². The first-order valence-electron chi connectivity index (χ1n) is 12.9. The molecule has 0 saturated carbocycles. The van der Waals surface area contributed by atoms with Gasteiger partial charge in [-0.05, 0) is 55.0 Å². The van der Waals surface area contributed by atoms with Gasteiger partial charge in [0, 0.05) is 50.4 Å². The average Bonchev–Trinajstić information content (AvgIpc) is 3.14. The van der Waals surface area contributed by atoms with Crippen LogP contribution in [0.3, 0.4) is 0 Å². The minimum absolute atomic E-state index is 0.212. The van der Waals surface area contributed by atoms with Crippen molar-refractivity contribution in [1.29, 1.82) is 5.41 Å². The molecular weight excluding hydrogens is 512 g/mol. The lowest BCUT2D eigenvalue weighted by Gasteiger charge is -2.39. The van der Waals surface area contributed by atoms with E-state index in [1.54, 1.807) is 6.07 Å². The summed E-state index contributed by atoms with van der Waals surface area (Å²) in [6.45, 7) is 3.05. The van der Waals surface area contributed by atoms with E-state index >= 15 is 0 Å². The van der Waals surface area contributed by atoms with Gasteiger partial charge in [-0.2, -0.15) is 4.39 Å². The molecule has 1 saturated heterocycles. The van der Waals surface area contributed by atoms with Gasteiger partial charge in [-0.15, -0.1) is 13.2 Å². The van der Waals surface area contributed by atoms with Crippen LogP contribution in [0.2, 0.25) is 0 Å². The highest BCUT2D eigenvalue weighted by Gasteiger charge is 2.34. The van der Waals surface area contributed by atoms with Crippen LogP contribution < -0.4 is 5.73 Å².